The third-order valence-corrected chi connectivity index (χ3v) is 13.9. The number of aromatic nitrogens is 3. The van der Waals surface area contributed by atoms with E-state index in [2.05, 4.69) is 170 Å². The SMILES string of the molecule is c1ccc(-c2nc(-c3ccc(-c4cccc5c4oc4ccccc45)cc3)nc(-c3ccccc3-c3ccc4c(c3)Oc3cc5c(cc3O4)C(c3ccccc3)(c3ccccc3)c3ccccc3-5)n2)cc1. The van der Waals surface area contributed by atoms with Gasteiger partial charge in [-0.1, -0.05) is 206 Å². The van der Waals surface area contributed by atoms with Gasteiger partial charge in [0.15, 0.2) is 40.5 Å². The molecule has 12 aromatic rings. The maximum Gasteiger partial charge on any atom is 0.170 e. The van der Waals surface area contributed by atoms with E-state index in [0.717, 1.165) is 72.0 Å². The van der Waals surface area contributed by atoms with Crippen LogP contribution in [-0.2, 0) is 5.41 Å². The smallest absolute Gasteiger partial charge is 0.170 e. The maximum absolute atomic E-state index is 6.87. The number of benzene rings is 10. The highest BCUT2D eigenvalue weighted by Gasteiger charge is 2.47. The van der Waals surface area contributed by atoms with Crippen molar-refractivity contribution < 1.29 is 13.9 Å². The topological polar surface area (TPSA) is 70.3 Å². The highest BCUT2D eigenvalue weighted by molar-refractivity contribution is 6.09. The Kier molecular flexibility index (Phi) is 9.01. The van der Waals surface area contributed by atoms with Crippen molar-refractivity contribution in [2.75, 3.05) is 0 Å². The number of nitrogens with zero attached hydrogens (tertiary/aromatic N) is 3. The predicted octanol–water partition coefficient (Wildman–Crippen LogP) is 16.4. The average molecular weight is 898 g/mol. The Bertz CT molecular complexity index is 3960. The molecule has 2 aromatic heterocycles. The quantitative estimate of drug-likeness (QED) is 0.159. The van der Waals surface area contributed by atoms with Crippen molar-refractivity contribution in [3.05, 3.63) is 259 Å². The van der Waals surface area contributed by atoms with E-state index in [9.17, 15) is 0 Å². The van der Waals surface area contributed by atoms with Gasteiger partial charge >= 0.3 is 0 Å². The van der Waals surface area contributed by atoms with Crippen LogP contribution >= 0.6 is 0 Å². The molecular formula is C64H39N3O3. The fraction of sp³-hybridized carbons (Fsp3) is 0.0156. The van der Waals surface area contributed by atoms with Gasteiger partial charge in [-0.2, -0.15) is 0 Å². The Labute approximate surface area is 403 Å². The Morgan fingerprint density at radius 2 is 0.829 bits per heavy atom. The van der Waals surface area contributed by atoms with Crippen molar-refractivity contribution in [1.82, 2.24) is 15.0 Å². The minimum Gasteiger partial charge on any atom is -0.455 e. The molecule has 0 atom stereocenters. The molecule has 1 aliphatic heterocycles. The van der Waals surface area contributed by atoms with Gasteiger partial charge in [0.1, 0.15) is 11.2 Å². The normalized spacial score (nSPS) is 12.9. The molecule has 0 N–H and O–H groups in total. The summed E-state index contributed by atoms with van der Waals surface area (Å²) in [5.41, 5.74) is 14.8. The Morgan fingerprint density at radius 1 is 0.300 bits per heavy atom. The van der Waals surface area contributed by atoms with Gasteiger partial charge in [0, 0.05) is 33.0 Å². The molecule has 14 rings (SSSR count). The molecule has 0 bridgehead atoms. The van der Waals surface area contributed by atoms with Gasteiger partial charge in [-0.3, -0.25) is 0 Å². The molecule has 0 fully saturated rings. The first-order chi connectivity index (χ1) is 34.7. The van der Waals surface area contributed by atoms with Crippen LogP contribution in [0.3, 0.4) is 0 Å². The van der Waals surface area contributed by atoms with Crippen LogP contribution in [0, 0.1) is 0 Å². The van der Waals surface area contributed by atoms with E-state index >= 15 is 0 Å². The van der Waals surface area contributed by atoms with Gasteiger partial charge in [-0.25, -0.2) is 15.0 Å². The lowest BCUT2D eigenvalue weighted by Crippen LogP contribution is -2.28. The number of fused-ring (bicyclic) bond motifs is 8. The third kappa shape index (κ3) is 6.24. The first-order valence-corrected chi connectivity index (χ1v) is 23.5. The van der Waals surface area contributed by atoms with Crippen LogP contribution in [-0.4, -0.2) is 15.0 Å². The fourth-order valence-corrected chi connectivity index (χ4v) is 10.7. The summed E-state index contributed by atoms with van der Waals surface area (Å²) in [6.07, 6.45) is 0. The zero-order valence-electron chi connectivity index (χ0n) is 37.6. The third-order valence-electron chi connectivity index (χ3n) is 13.9. The van der Waals surface area contributed by atoms with E-state index in [-0.39, 0.29) is 0 Å². The van der Waals surface area contributed by atoms with E-state index in [1.54, 1.807) is 0 Å². The lowest BCUT2D eigenvalue weighted by atomic mass is 9.67. The summed E-state index contributed by atoms with van der Waals surface area (Å²) in [7, 11) is 0. The van der Waals surface area contributed by atoms with Crippen LogP contribution in [0.15, 0.2) is 241 Å². The van der Waals surface area contributed by atoms with Crippen molar-refractivity contribution in [2.24, 2.45) is 0 Å². The van der Waals surface area contributed by atoms with Crippen LogP contribution in [0.1, 0.15) is 22.3 Å². The summed E-state index contributed by atoms with van der Waals surface area (Å²) in [5, 5.41) is 2.20. The first kappa shape index (κ1) is 39.7. The van der Waals surface area contributed by atoms with Gasteiger partial charge in [0.05, 0.1) is 5.41 Å². The second-order valence-electron chi connectivity index (χ2n) is 17.8. The molecule has 328 valence electrons. The number of ether oxygens (including phenoxy) is 2. The maximum atomic E-state index is 6.87. The molecule has 6 nitrogen and oxygen atoms in total. The van der Waals surface area contributed by atoms with E-state index in [1.807, 2.05) is 66.7 Å². The molecule has 6 heteroatoms. The zero-order valence-corrected chi connectivity index (χ0v) is 37.6. The molecule has 0 radical (unpaired) electrons. The molecule has 0 saturated carbocycles. The van der Waals surface area contributed by atoms with Crippen LogP contribution in [0.2, 0.25) is 0 Å². The summed E-state index contributed by atoms with van der Waals surface area (Å²) in [5.74, 6) is 4.33. The number of hydrogen-bond donors (Lipinski definition) is 0. The van der Waals surface area contributed by atoms with Gasteiger partial charge in [-0.05, 0) is 80.4 Å². The lowest BCUT2D eigenvalue weighted by Gasteiger charge is -2.34. The van der Waals surface area contributed by atoms with E-state index in [4.69, 9.17) is 28.8 Å². The predicted molar refractivity (Wildman–Crippen MR) is 278 cm³/mol. The van der Waals surface area contributed by atoms with Gasteiger partial charge in [0.25, 0.3) is 0 Å². The molecule has 0 saturated heterocycles. The van der Waals surface area contributed by atoms with Crippen molar-refractivity contribution in [1.29, 1.82) is 0 Å². The Hall–Kier alpha value is -9.39. The average Bonchev–Trinajstić information content (AvgIpc) is 3.96. The van der Waals surface area contributed by atoms with Crippen molar-refractivity contribution in [3.8, 4) is 90.5 Å². The van der Waals surface area contributed by atoms with Crippen LogP contribution < -0.4 is 9.47 Å². The number of para-hydroxylation sites is 2. The standard InChI is InChI=1S/C64H39N3O3/c1-4-17-41(18-5-1)61-65-62(42-33-31-40(32-34-42)47-27-16-28-50-49-25-13-15-30-55(49)70-60(47)50)67-63(66-61)51-26-11-10-23-46(51)43-35-36-56-57(37-43)69-58-38-52-48-24-12-14-29-53(48)64(44-19-6-2-7-20-44,45-21-8-3-9-22-45)54(52)39-59(58)68-56/h1-39H. The Morgan fingerprint density at radius 3 is 1.59 bits per heavy atom. The zero-order chi connectivity index (χ0) is 46.2. The summed E-state index contributed by atoms with van der Waals surface area (Å²) >= 11 is 0. The van der Waals surface area contributed by atoms with Gasteiger partial charge in [0.2, 0.25) is 0 Å². The van der Waals surface area contributed by atoms with E-state index in [1.165, 1.54) is 22.3 Å². The minimum absolute atomic E-state index is 0.551. The number of furan rings is 1. The van der Waals surface area contributed by atoms with Crippen molar-refractivity contribution >= 4 is 21.9 Å². The van der Waals surface area contributed by atoms with E-state index in [0.29, 0.717) is 40.5 Å². The molecule has 3 heterocycles. The van der Waals surface area contributed by atoms with Crippen LogP contribution in [0.25, 0.3) is 89.5 Å². The van der Waals surface area contributed by atoms with Crippen molar-refractivity contribution in [3.63, 3.8) is 0 Å². The second-order valence-corrected chi connectivity index (χ2v) is 17.8. The summed E-state index contributed by atoms with van der Waals surface area (Å²) in [6.45, 7) is 0. The summed E-state index contributed by atoms with van der Waals surface area (Å²) in [4.78, 5) is 15.4. The minimum atomic E-state index is -0.551. The molecule has 2 aliphatic rings. The van der Waals surface area contributed by atoms with E-state index < -0.39 is 5.41 Å². The summed E-state index contributed by atoms with van der Waals surface area (Å²) < 4.78 is 20.1. The largest absolute Gasteiger partial charge is 0.455 e. The number of rotatable bonds is 7. The lowest BCUT2D eigenvalue weighted by molar-refractivity contribution is 0.359. The molecule has 70 heavy (non-hydrogen) atoms. The molecular weight excluding hydrogens is 859 g/mol. The molecule has 10 aromatic carbocycles. The highest BCUT2D eigenvalue weighted by atomic mass is 16.6. The highest BCUT2D eigenvalue weighted by Crippen LogP contribution is 2.60. The fourth-order valence-electron chi connectivity index (χ4n) is 10.7. The van der Waals surface area contributed by atoms with Gasteiger partial charge < -0.3 is 13.9 Å². The van der Waals surface area contributed by atoms with Crippen molar-refractivity contribution in [2.45, 2.75) is 5.41 Å². The monoisotopic (exact) mass is 897 g/mol. The first-order valence-electron chi connectivity index (χ1n) is 23.5. The molecule has 0 unspecified atom stereocenters. The molecule has 0 amide bonds. The molecule has 1 aliphatic carbocycles. The summed E-state index contributed by atoms with van der Waals surface area (Å²) in [6, 6.07) is 81.9. The van der Waals surface area contributed by atoms with Crippen LogP contribution in [0.4, 0.5) is 0 Å². The molecule has 0 spiro atoms. The second kappa shape index (κ2) is 15.9. The van der Waals surface area contributed by atoms with Gasteiger partial charge in [-0.15, -0.1) is 0 Å². The number of hydrogen-bond acceptors (Lipinski definition) is 6. The van der Waals surface area contributed by atoms with Crippen LogP contribution in [0.5, 0.6) is 23.0 Å². The Balaban J connectivity index is 0.842.